The molecule has 2 heterocycles. The van der Waals surface area contributed by atoms with Crippen molar-refractivity contribution in [2.75, 3.05) is 26.0 Å². The molecular formula is C12H17N5O3S. The second-order valence-corrected chi connectivity index (χ2v) is 5.13. The van der Waals surface area contributed by atoms with Gasteiger partial charge >= 0.3 is 0 Å². The van der Waals surface area contributed by atoms with Gasteiger partial charge in [0, 0.05) is 20.3 Å². The Labute approximate surface area is 126 Å². The fourth-order valence-electron chi connectivity index (χ4n) is 1.57. The average Bonchev–Trinajstić information content (AvgIpc) is 3.14. The predicted molar refractivity (Wildman–Crippen MR) is 75.9 cm³/mol. The second kappa shape index (κ2) is 8.42. The Kier molecular flexibility index (Phi) is 6.22. The molecule has 0 unspecified atom stereocenters. The lowest BCUT2D eigenvalue weighted by Crippen LogP contribution is -2.27. The van der Waals surface area contributed by atoms with E-state index in [1.165, 1.54) is 11.8 Å². The molecule has 0 aliphatic carbocycles. The Hall–Kier alpha value is -1.87. The minimum atomic E-state index is -0.0522. The first-order valence-corrected chi connectivity index (χ1v) is 7.45. The van der Waals surface area contributed by atoms with Gasteiger partial charge in [0.2, 0.25) is 11.1 Å². The molecule has 9 heteroatoms. The van der Waals surface area contributed by atoms with Gasteiger partial charge in [-0.1, -0.05) is 11.8 Å². The molecule has 0 aromatic carbocycles. The Morgan fingerprint density at radius 1 is 1.57 bits per heavy atom. The lowest BCUT2D eigenvalue weighted by Gasteiger charge is -2.04. The van der Waals surface area contributed by atoms with Crippen LogP contribution in [0.2, 0.25) is 0 Å². The number of tetrazole rings is 1. The summed E-state index contributed by atoms with van der Waals surface area (Å²) in [7, 11) is 1.64. The second-order valence-electron chi connectivity index (χ2n) is 4.18. The van der Waals surface area contributed by atoms with E-state index in [1.807, 2.05) is 6.07 Å². The van der Waals surface area contributed by atoms with Gasteiger partial charge in [-0.3, -0.25) is 4.79 Å². The number of amides is 1. The van der Waals surface area contributed by atoms with Crippen molar-refractivity contribution < 1.29 is 13.9 Å². The summed E-state index contributed by atoms with van der Waals surface area (Å²) < 4.78 is 11.8. The number of thioether (sulfide) groups is 1. The number of hydrogen-bond acceptors (Lipinski definition) is 7. The smallest absolute Gasteiger partial charge is 0.230 e. The number of rotatable bonds is 9. The van der Waals surface area contributed by atoms with E-state index < -0.39 is 0 Å². The van der Waals surface area contributed by atoms with Crippen LogP contribution in [0.3, 0.4) is 0 Å². The highest BCUT2D eigenvalue weighted by Crippen LogP contribution is 2.14. The van der Waals surface area contributed by atoms with E-state index in [9.17, 15) is 4.79 Å². The number of hydrogen-bond donors (Lipinski definition) is 1. The molecule has 0 atom stereocenters. The fraction of sp³-hybridized carbons (Fsp3) is 0.500. The number of methoxy groups -OCH3 is 1. The van der Waals surface area contributed by atoms with E-state index >= 15 is 0 Å². The maximum Gasteiger partial charge on any atom is 0.230 e. The number of furan rings is 1. The van der Waals surface area contributed by atoms with Gasteiger partial charge in [-0.2, -0.15) is 0 Å². The van der Waals surface area contributed by atoms with Gasteiger partial charge in [0.05, 0.1) is 12.0 Å². The van der Waals surface area contributed by atoms with E-state index in [-0.39, 0.29) is 11.7 Å². The molecule has 0 radical (unpaired) electrons. The van der Waals surface area contributed by atoms with Gasteiger partial charge in [-0.25, -0.2) is 4.68 Å². The highest BCUT2D eigenvalue weighted by molar-refractivity contribution is 7.99. The molecule has 1 N–H and O–H groups in total. The van der Waals surface area contributed by atoms with Crippen LogP contribution in [0.1, 0.15) is 12.2 Å². The molecule has 8 nitrogen and oxygen atoms in total. The van der Waals surface area contributed by atoms with Crippen molar-refractivity contribution in [3.8, 4) is 0 Å². The van der Waals surface area contributed by atoms with Crippen LogP contribution in [0, 0.1) is 0 Å². The zero-order valence-corrected chi connectivity index (χ0v) is 12.5. The van der Waals surface area contributed by atoms with Crippen molar-refractivity contribution in [1.82, 2.24) is 25.5 Å². The molecule has 0 saturated carbocycles. The van der Waals surface area contributed by atoms with Crippen molar-refractivity contribution in [3.05, 3.63) is 24.2 Å². The van der Waals surface area contributed by atoms with Crippen LogP contribution in [0.25, 0.3) is 0 Å². The zero-order valence-electron chi connectivity index (χ0n) is 11.7. The third-order valence-corrected chi connectivity index (χ3v) is 3.52. The van der Waals surface area contributed by atoms with Crippen LogP contribution in [0.15, 0.2) is 28.0 Å². The summed E-state index contributed by atoms with van der Waals surface area (Å²) >= 11 is 1.29. The summed E-state index contributed by atoms with van der Waals surface area (Å²) in [6.45, 7) is 1.68. The normalized spacial score (nSPS) is 10.7. The van der Waals surface area contributed by atoms with Gasteiger partial charge in [0.15, 0.2) is 0 Å². The minimum Gasteiger partial charge on any atom is -0.467 e. The average molecular weight is 311 g/mol. The van der Waals surface area contributed by atoms with Crippen LogP contribution in [0.4, 0.5) is 0 Å². The van der Waals surface area contributed by atoms with Crippen LogP contribution >= 0.6 is 11.8 Å². The molecule has 114 valence electrons. The van der Waals surface area contributed by atoms with E-state index in [4.69, 9.17) is 9.15 Å². The third kappa shape index (κ3) is 5.20. The standard InChI is InChI=1S/C12H17N5O3S/c1-19-6-3-5-13-11(18)9-21-12-14-15-16-17(12)8-10-4-2-7-20-10/h2,4,7H,3,5-6,8-9H2,1H3,(H,13,18). The monoisotopic (exact) mass is 311 g/mol. The molecule has 0 spiro atoms. The highest BCUT2D eigenvalue weighted by atomic mass is 32.2. The van der Waals surface area contributed by atoms with E-state index in [0.29, 0.717) is 24.9 Å². The van der Waals surface area contributed by atoms with Crippen molar-refractivity contribution in [2.24, 2.45) is 0 Å². The highest BCUT2D eigenvalue weighted by Gasteiger charge is 2.11. The van der Waals surface area contributed by atoms with Crippen LogP contribution < -0.4 is 5.32 Å². The van der Waals surface area contributed by atoms with Gasteiger partial charge in [0.1, 0.15) is 12.3 Å². The van der Waals surface area contributed by atoms with Gasteiger partial charge < -0.3 is 14.5 Å². The molecule has 0 aliphatic rings. The number of carbonyl (C=O) groups excluding carboxylic acids is 1. The molecule has 0 fully saturated rings. The summed E-state index contributed by atoms with van der Waals surface area (Å²) in [6, 6.07) is 3.65. The number of carbonyl (C=O) groups is 1. The SMILES string of the molecule is COCCCNC(=O)CSc1nnnn1Cc1ccco1. The topological polar surface area (TPSA) is 95.1 Å². The first-order valence-electron chi connectivity index (χ1n) is 6.46. The molecule has 0 bridgehead atoms. The molecule has 1 amide bonds. The van der Waals surface area contributed by atoms with Crippen LogP contribution in [-0.4, -0.2) is 52.1 Å². The van der Waals surface area contributed by atoms with Crippen molar-refractivity contribution in [1.29, 1.82) is 0 Å². The van der Waals surface area contributed by atoms with E-state index in [0.717, 1.165) is 12.2 Å². The summed E-state index contributed by atoms with van der Waals surface area (Å²) in [6.07, 6.45) is 2.39. The maximum absolute atomic E-state index is 11.7. The van der Waals surface area contributed by atoms with Crippen molar-refractivity contribution in [2.45, 2.75) is 18.1 Å². The lowest BCUT2D eigenvalue weighted by atomic mass is 10.4. The van der Waals surface area contributed by atoms with Crippen molar-refractivity contribution >= 4 is 17.7 Å². The van der Waals surface area contributed by atoms with Gasteiger partial charge in [0.25, 0.3) is 0 Å². The number of aromatic nitrogens is 4. The van der Waals surface area contributed by atoms with E-state index in [2.05, 4.69) is 20.8 Å². The summed E-state index contributed by atoms with van der Waals surface area (Å²) in [5.41, 5.74) is 0. The Morgan fingerprint density at radius 3 is 3.24 bits per heavy atom. The van der Waals surface area contributed by atoms with E-state index in [1.54, 1.807) is 24.1 Å². The van der Waals surface area contributed by atoms with Crippen molar-refractivity contribution in [3.63, 3.8) is 0 Å². The molecular weight excluding hydrogens is 294 g/mol. The summed E-state index contributed by atoms with van der Waals surface area (Å²) in [5.74, 6) is 0.975. The molecule has 0 aliphatic heterocycles. The van der Waals surface area contributed by atoms with Gasteiger partial charge in [-0.05, 0) is 29.0 Å². The lowest BCUT2D eigenvalue weighted by molar-refractivity contribution is -0.118. The predicted octanol–water partition coefficient (Wildman–Crippen LogP) is 0.559. The number of ether oxygens (including phenoxy) is 1. The van der Waals surface area contributed by atoms with Crippen LogP contribution in [-0.2, 0) is 16.1 Å². The summed E-state index contributed by atoms with van der Waals surface area (Å²) in [4.78, 5) is 11.7. The number of nitrogens with zero attached hydrogens (tertiary/aromatic N) is 4. The quantitative estimate of drug-likeness (QED) is 0.534. The largest absolute Gasteiger partial charge is 0.467 e. The summed E-state index contributed by atoms with van der Waals surface area (Å²) in [5, 5.41) is 14.8. The maximum atomic E-state index is 11.7. The first-order chi connectivity index (χ1) is 10.3. The third-order valence-electron chi connectivity index (χ3n) is 2.56. The first kappa shape index (κ1) is 15.5. The molecule has 0 saturated heterocycles. The Bertz CT molecular complexity index is 543. The number of nitrogens with one attached hydrogen (secondary N) is 1. The molecule has 2 rings (SSSR count). The molecule has 2 aromatic heterocycles. The fourth-order valence-corrected chi connectivity index (χ4v) is 2.28. The minimum absolute atomic E-state index is 0.0522. The molecule has 21 heavy (non-hydrogen) atoms. The zero-order chi connectivity index (χ0) is 14.9. The molecule has 2 aromatic rings. The van der Waals surface area contributed by atoms with Crippen LogP contribution in [0.5, 0.6) is 0 Å². The van der Waals surface area contributed by atoms with Gasteiger partial charge in [-0.15, -0.1) is 5.10 Å². The Morgan fingerprint density at radius 2 is 2.48 bits per heavy atom. The Balaban J connectivity index is 1.76.